The minimum absolute atomic E-state index is 0.00160. The summed E-state index contributed by atoms with van der Waals surface area (Å²) >= 11 is 6.18. The van der Waals surface area contributed by atoms with Gasteiger partial charge in [-0.3, -0.25) is 23.2 Å². The Morgan fingerprint density at radius 1 is 0.683 bits per heavy atom. The third-order valence-electron chi connectivity index (χ3n) is 7.96. The standard InChI is InChI=1S/C31H24ClN7O16S5/c32-29-35-30(33-17-5-2-6-18(15-17)56(41,42)13-12-55-60(52,53)54)37-31(36-29)34-21-8-1-4-16-14-24(58(46,47)48)26(27(40)25(16)21)39-38-22-11-10-19-20(28(22)59(49,50)51)7-3-9-23(19)57(43,44)45/h1-11,14-15,40H,12-13H2,(H,43,44,45)(H,46,47,48)(H,49,50,51)(H,52,53,54)(H2,33,34,35,36,37). The Labute approximate surface area is 342 Å². The average Bonchev–Trinajstić information content (AvgIpc) is 3.12. The summed E-state index contributed by atoms with van der Waals surface area (Å²) < 4.78 is 164. The molecule has 0 radical (unpaired) electrons. The first kappa shape index (κ1) is 44.0. The first-order valence-corrected chi connectivity index (χ1v) is 23.6. The molecule has 0 spiro atoms. The van der Waals surface area contributed by atoms with Crippen LogP contribution in [0.3, 0.4) is 0 Å². The van der Waals surface area contributed by atoms with Gasteiger partial charge in [0.05, 0.1) is 34.0 Å². The van der Waals surface area contributed by atoms with Crippen molar-refractivity contribution in [3.05, 3.63) is 95.4 Å². The number of hydrogen-bond donors (Lipinski definition) is 7. The highest BCUT2D eigenvalue weighted by Crippen LogP contribution is 2.45. The van der Waals surface area contributed by atoms with Gasteiger partial charge in [-0.25, -0.2) is 22.6 Å². The second-order valence-corrected chi connectivity index (χ2v) is 19.6. The molecule has 60 heavy (non-hydrogen) atoms. The van der Waals surface area contributed by atoms with Gasteiger partial charge in [0.15, 0.2) is 15.6 Å². The Kier molecular flexibility index (Phi) is 11.9. The average molecular weight is 946 g/mol. The van der Waals surface area contributed by atoms with Crippen molar-refractivity contribution in [2.24, 2.45) is 20.2 Å². The lowest BCUT2D eigenvalue weighted by Gasteiger charge is -2.11. The van der Waals surface area contributed by atoms with Crippen LogP contribution in [0.4, 0.5) is 22.7 Å². The molecule has 0 aliphatic heterocycles. The van der Waals surface area contributed by atoms with Crippen LogP contribution in [0.2, 0.25) is 5.28 Å². The summed E-state index contributed by atoms with van der Waals surface area (Å²) in [4.78, 5) is 14.8. The Hall–Kier alpha value is -5.53. The zero-order valence-corrected chi connectivity index (χ0v) is 34.1. The van der Waals surface area contributed by atoms with Gasteiger partial charge in [-0.2, -0.15) is 38.7 Å². The van der Waals surface area contributed by atoms with Gasteiger partial charge in [-0.1, -0.05) is 36.4 Å². The molecule has 0 unspecified atom stereocenters. The summed E-state index contributed by atoms with van der Waals surface area (Å²) in [5.74, 6) is -1.80. The van der Waals surface area contributed by atoms with E-state index >= 15 is 0 Å². The molecule has 0 aliphatic carbocycles. The van der Waals surface area contributed by atoms with Gasteiger partial charge < -0.3 is 10.1 Å². The number of rotatable bonds is 12. The van der Waals surface area contributed by atoms with Crippen molar-refractivity contribution in [3.63, 3.8) is 0 Å². The lowest BCUT2D eigenvalue weighted by Crippen LogP contribution is -2.26. The number of nitrogens with zero attached hydrogens (tertiary/aromatic N) is 5. The van der Waals surface area contributed by atoms with E-state index in [0.717, 1.165) is 42.5 Å². The highest BCUT2D eigenvalue weighted by Gasteiger charge is 2.26. The number of fused-ring (bicyclic) bond motifs is 2. The van der Waals surface area contributed by atoms with E-state index in [2.05, 4.69) is 39.3 Å². The Morgan fingerprint density at radius 3 is 2.03 bits per heavy atom. The van der Waals surface area contributed by atoms with Gasteiger partial charge in [-0.15, -0.1) is 10.2 Å². The maximum atomic E-state index is 12.7. The van der Waals surface area contributed by atoms with Crippen molar-refractivity contribution in [1.82, 2.24) is 15.0 Å². The highest BCUT2D eigenvalue weighted by molar-refractivity contribution is 7.91. The number of H-pyrrole nitrogens is 2. The second-order valence-electron chi connectivity index (χ2n) is 12.0. The first-order chi connectivity index (χ1) is 27.8. The number of azo groups is 1. The zero-order chi connectivity index (χ0) is 44.0. The lowest BCUT2D eigenvalue weighted by atomic mass is 10.1. The molecule has 0 saturated carbocycles. The summed E-state index contributed by atoms with van der Waals surface area (Å²) in [5.41, 5.74) is -2.25. The van der Waals surface area contributed by atoms with Crippen molar-refractivity contribution in [1.29, 1.82) is 0 Å². The predicted octanol–water partition coefficient (Wildman–Crippen LogP) is 3.62. The van der Waals surface area contributed by atoms with Crippen molar-refractivity contribution in [2.75, 3.05) is 12.4 Å². The molecule has 1 heterocycles. The molecule has 5 aromatic carbocycles. The molecular weight excluding hydrogens is 922 g/mol. The van der Waals surface area contributed by atoms with Gasteiger partial charge in [0.1, 0.15) is 26.1 Å². The van der Waals surface area contributed by atoms with Crippen molar-refractivity contribution in [3.8, 4) is 5.75 Å². The smallest absolute Gasteiger partial charge is 0.397 e. The Bertz CT molecular complexity index is 3520. The van der Waals surface area contributed by atoms with E-state index < -0.39 is 100 Å². The van der Waals surface area contributed by atoms with E-state index in [0.29, 0.717) is 0 Å². The number of benzene rings is 5. The van der Waals surface area contributed by atoms with Crippen LogP contribution >= 0.6 is 11.6 Å². The van der Waals surface area contributed by atoms with E-state index in [-0.39, 0.29) is 48.9 Å². The van der Waals surface area contributed by atoms with Crippen LogP contribution in [0.15, 0.2) is 119 Å². The molecule has 6 rings (SSSR count). The van der Waals surface area contributed by atoms with E-state index in [9.17, 15) is 60.9 Å². The van der Waals surface area contributed by atoms with Gasteiger partial charge in [0, 0.05) is 10.8 Å². The minimum atomic E-state index is -5.26. The number of sulfone groups is 1. The van der Waals surface area contributed by atoms with Crippen LogP contribution in [0.5, 0.6) is 5.75 Å². The molecular formula is C31H24ClN7O16S5. The summed E-state index contributed by atoms with van der Waals surface area (Å²) in [6, 6.07) is 14.9. The molecule has 0 amide bonds. The number of halogens is 1. The third-order valence-corrected chi connectivity index (χ3v) is 13.0. The molecule has 0 saturated heterocycles. The van der Waals surface area contributed by atoms with E-state index in [1.54, 1.807) is 0 Å². The molecule has 0 aliphatic rings. The number of aromatic hydroxyl groups is 1. The number of aromatic nitrogens is 3. The lowest BCUT2D eigenvalue weighted by molar-refractivity contribution is 0.284. The fraction of sp³-hybridized carbons (Fsp3) is 0.0645. The SMILES string of the molecule is O=S(=O)(O)OCCS(=O)(=O)c1cccc(N=c2nc(Cl)[nH]c(=Nc3cccc4cc(S(=O)(=O)O)c(N=Nc5ccc6c(S(=O)(=O)O)cccc6c5S(=O)(=O)O)c(O)c34)[nH]2)c1. The summed E-state index contributed by atoms with van der Waals surface area (Å²) in [6.07, 6.45) is 0. The van der Waals surface area contributed by atoms with Crippen LogP contribution in [0.25, 0.3) is 21.5 Å². The molecule has 316 valence electrons. The van der Waals surface area contributed by atoms with Crippen molar-refractivity contribution >= 4 is 106 Å². The zero-order valence-electron chi connectivity index (χ0n) is 29.3. The van der Waals surface area contributed by atoms with Gasteiger partial charge in [0.25, 0.3) is 30.4 Å². The second kappa shape index (κ2) is 16.2. The highest BCUT2D eigenvalue weighted by atomic mass is 35.5. The summed E-state index contributed by atoms with van der Waals surface area (Å²) in [6.45, 7) is -0.875. The number of nitrogens with one attached hydrogen (secondary N) is 2. The van der Waals surface area contributed by atoms with Crippen molar-refractivity contribution in [2.45, 2.75) is 19.6 Å². The van der Waals surface area contributed by atoms with E-state index in [1.807, 2.05) is 0 Å². The number of phenols is 1. The monoisotopic (exact) mass is 945 g/mol. The number of aromatic amines is 2. The summed E-state index contributed by atoms with van der Waals surface area (Å²) in [7, 11) is -24.4. The fourth-order valence-electron chi connectivity index (χ4n) is 5.58. The quantitative estimate of drug-likeness (QED) is 0.0680. The van der Waals surface area contributed by atoms with Gasteiger partial charge >= 0.3 is 10.4 Å². The number of hydrogen-bond acceptors (Lipinski definition) is 17. The van der Waals surface area contributed by atoms with Gasteiger partial charge in [0.2, 0.25) is 16.5 Å². The first-order valence-electron chi connectivity index (χ1n) is 15.9. The van der Waals surface area contributed by atoms with E-state index in [4.69, 9.17) is 16.2 Å². The normalized spacial score (nSPS) is 13.8. The largest absolute Gasteiger partial charge is 0.505 e. The van der Waals surface area contributed by atoms with Crippen LogP contribution in [0.1, 0.15) is 0 Å². The molecule has 6 aromatic rings. The maximum absolute atomic E-state index is 12.7. The molecule has 7 N–H and O–H groups in total. The topological polar surface area (TPSA) is 375 Å². The molecule has 1 aromatic heterocycles. The molecule has 0 atom stereocenters. The Morgan fingerprint density at radius 2 is 1.37 bits per heavy atom. The molecule has 0 bridgehead atoms. The molecule has 29 heteroatoms. The number of phenolic OH excluding ortho intramolecular Hbond substituents is 1. The van der Waals surface area contributed by atoms with Gasteiger partial charge in [-0.05, 0) is 59.5 Å². The predicted molar refractivity (Wildman–Crippen MR) is 208 cm³/mol. The molecule has 0 fully saturated rings. The fourth-order valence-corrected chi connectivity index (χ4v) is 9.47. The molecule has 23 nitrogen and oxygen atoms in total. The summed E-state index contributed by atoms with van der Waals surface area (Å²) in [5, 5.41) is 17.6. The maximum Gasteiger partial charge on any atom is 0.397 e. The Balaban J connectivity index is 1.48. The van der Waals surface area contributed by atoms with Crippen LogP contribution in [-0.4, -0.2) is 92.7 Å². The minimum Gasteiger partial charge on any atom is -0.505 e. The van der Waals surface area contributed by atoms with Crippen LogP contribution in [-0.2, 0) is 54.8 Å². The third kappa shape index (κ3) is 9.90. The van der Waals surface area contributed by atoms with E-state index in [1.165, 1.54) is 36.4 Å². The van der Waals surface area contributed by atoms with Crippen molar-refractivity contribution < 1.29 is 69.6 Å². The van der Waals surface area contributed by atoms with Crippen LogP contribution in [0, 0.1) is 0 Å². The van der Waals surface area contributed by atoms with Crippen LogP contribution < -0.4 is 11.2 Å².